The van der Waals surface area contributed by atoms with Gasteiger partial charge in [-0.3, -0.25) is 9.59 Å². The number of carboxylic acids is 1. The minimum atomic E-state index is -1.97. The van der Waals surface area contributed by atoms with Crippen molar-refractivity contribution in [2.75, 3.05) is 19.0 Å². The molecule has 0 aromatic carbocycles. The van der Waals surface area contributed by atoms with E-state index in [1.54, 1.807) is 6.66 Å². The molecule has 16 heavy (non-hydrogen) atoms. The van der Waals surface area contributed by atoms with Crippen LogP contribution in [0.1, 0.15) is 13.8 Å². The van der Waals surface area contributed by atoms with Crippen LogP contribution in [0.15, 0.2) is 0 Å². The van der Waals surface area contributed by atoms with Gasteiger partial charge in [-0.2, -0.15) is 0 Å². The molecule has 0 saturated carbocycles. The quantitative estimate of drug-likeness (QED) is 0.686. The van der Waals surface area contributed by atoms with Crippen LogP contribution in [0.5, 0.6) is 0 Å². The summed E-state index contributed by atoms with van der Waals surface area (Å²) in [4.78, 5) is 21.8. The minimum Gasteiger partial charge on any atom is -0.480 e. The van der Waals surface area contributed by atoms with E-state index >= 15 is 0 Å². The van der Waals surface area contributed by atoms with E-state index in [4.69, 9.17) is 21.4 Å². The fourth-order valence-corrected chi connectivity index (χ4v) is 4.16. The van der Waals surface area contributed by atoms with Crippen molar-refractivity contribution in [3.8, 4) is 0 Å². The van der Waals surface area contributed by atoms with Gasteiger partial charge in [0, 0.05) is 6.61 Å². The molecule has 0 aliphatic heterocycles. The zero-order valence-electron chi connectivity index (χ0n) is 9.43. The zero-order valence-corrected chi connectivity index (χ0v) is 12.0. The fraction of sp³-hybridized carbons (Fsp3) is 0.750. The largest absolute Gasteiger partial charge is 0.480 e. The standard InChI is InChI=1S/C8H16NO4PS2/c1-4-13-14(3,15)16-5-7(10)9-6(2)8(11)12/h6H,4-5H2,1-3H3,(H,9,10)(H,11,12)/t6-,14+/m1/s1. The average Bonchev–Trinajstić information content (AvgIpc) is 2.14. The van der Waals surface area contributed by atoms with Gasteiger partial charge in [0.2, 0.25) is 5.91 Å². The Labute approximate surface area is 104 Å². The fourth-order valence-electron chi connectivity index (χ4n) is 0.793. The molecule has 8 heteroatoms. The molecule has 0 unspecified atom stereocenters. The summed E-state index contributed by atoms with van der Waals surface area (Å²) >= 11 is 6.45. The Bertz CT molecular complexity index is 310. The highest BCUT2D eigenvalue weighted by Crippen LogP contribution is 2.56. The normalized spacial score (nSPS) is 16.2. The minimum absolute atomic E-state index is 0.130. The van der Waals surface area contributed by atoms with Crippen LogP contribution in [0.4, 0.5) is 0 Å². The molecule has 2 atom stereocenters. The van der Waals surface area contributed by atoms with E-state index in [-0.39, 0.29) is 11.7 Å². The van der Waals surface area contributed by atoms with Crippen LogP contribution in [0.25, 0.3) is 0 Å². The van der Waals surface area contributed by atoms with Crippen molar-refractivity contribution in [2.45, 2.75) is 19.9 Å². The topological polar surface area (TPSA) is 75.6 Å². The molecule has 94 valence electrons. The van der Waals surface area contributed by atoms with Crippen LogP contribution in [-0.2, 0) is 25.9 Å². The van der Waals surface area contributed by atoms with Crippen molar-refractivity contribution in [3.05, 3.63) is 0 Å². The van der Waals surface area contributed by atoms with Gasteiger partial charge >= 0.3 is 5.97 Å². The molecule has 0 saturated heterocycles. The molecule has 0 aliphatic rings. The number of amides is 1. The summed E-state index contributed by atoms with van der Waals surface area (Å²) in [6.07, 6.45) is 0. The number of nitrogens with one attached hydrogen (secondary N) is 1. The Morgan fingerprint density at radius 2 is 2.19 bits per heavy atom. The van der Waals surface area contributed by atoms with Gasteiger partial charge < -0.3 is 14.9 Å². The first-order valence-electron chi connectivity index (χ1n) is 4.67. The van der Waals surface area contributed by atoms with Gasteiger partial charge in [0.05, 0.1) is 5.75 Å². The number of carboxylic acid groups (broad SMARTS) is 1. The van der Waals surface area contributed by atoms with E-state index in [0.29, 0.717) is 6.61 Å². The van der Waals surface area contributed by atoms with Gasteiger partial charge in [0.1, 0.15) is 11.5 Å². The molecule has 2 N–H and O–H groups in total. The van der Waals surface area contributed by atoms with Gasteiger partial charge in [-0.25, -0.2) is 0 Å². The Morgan fingerprint density at radius 1 is 1.62 bits per heavy atom. The van der Waals surface area contributed by atoms with Gasteiger partial charge in [-0.05, 0) is 20.5 Å². The highest BCUT2D eigenvalue weighted by molar-refractivity contribution is 8.69. The summed E-state index contributed by atoms with van der Waals surface area (Å²) < 4.78 is 5.32. The smallest absolute Gasteiger partial charge is 0.325 e. The van der Waals surface area contributed by atoms with Gasteiger partial charge in [-0.15, -0.1) is 0 Å². The lowest BCUT2D eigenvalue weighted by Crippen LogP contribution is -2.39. The van der Waals surface area contributed by atoms with Crippen molar-refractivity contribution >= 4 is 40.5 Å². The van der Waals surface area contributed by atoms with Crippen molar-refractivity contribution in [2.24, 2.45) is 0 Å². The summed E-state index contributed by atoms with van der Waals surface area (Å²) in [6, 6.07) is -0.880. The molecular formula is C8H16NO4PS2. The SMILES string of the molecule is CCO[P@@](C)(=S)SCC(=O)N[C@H](C)C(=O)O. The number of hydrogen-bond donors (Lipinski definition) is 2. The van der Waals surface area contributed by atoms with E-state index in [1.165, 1.54) is 18.3 Å². The summed E-state index contributed by atoms with van der Waals surface area (Å²) in [5, 5.41) is 10.9. The number of rotatable bonds is 7. The highest BCUT2D eigenvalue weighted by atomic mass is 32.9. The first-order valence-corrected chi connectivity index (χ1v) is 9.43. The Kier molecular flexibility index (Phi) is 7.22. The summed E-state index contributed by atoms with van der Waals surface area (Å²) in [5.74, 6) is -1.26. The lowest BCUT2D eigenvalue weighted by Gasteiger charge is -2.15. The second-order valence-electron chi connectivity index (χ2n) is 3.09. The van der Waals surface area contributed by atoms with Crippen LogP contribution in [0.3, 0.4) is 0 Å². The van der Waals surface area contributed by atoms with Crippen LogP contribution < -0.4 is 5.32 Å². The highest BCUT2D eigenvalue weighted by Gasteiger charge is 2.17. The first kappa shape index (κ1) is 15.9. The van der Waals surface area contributed by atoms with Crippen molar-refractivity contribution in [1.29, 1.82) is 0 Å². The Morgan fingerprint density at radius 3 is 2.62 bits per heavy atom. The van der Waals surface area contributed by atoms with E-state index in [9.17, 15) is 9.59 Å². The summed E-state index contributed by atoms with van der Waals surface area (Å²) in [5.41, 5.74) is -1.97. The molecule has 1 amide bonds. The summed E-state index contributed by atoms with van der Waals surface area (Å²) in [6.45, 7) is 5.57. The molecule has 0 aromatic rings. The molecule has 0 bridgehead atoms. The number of carbonyl (C=O) groups excluding carboxylic acids is 1. The maximum atomic E-state index is 11.3. The van der Waals surface area contributed by atoms with Crippen molar-refractivity contribution in [1.82, 2.24) is 5.32 Å². The molecule has 0 fully saturated rings. The molecule has 0 aromatic heterocycles. The van der Waals surface area contributed by atoms with Gasteiger partial charge in [0.25, 0.3) is 0 Å². The van der Waals surface area contributed by atoms with E-state index in [0.717, 1.165) is 0 Å². The summed E-state index contributed by atoms with van der Waals surface area (Å²) in [7, 11) is 0. The van der Waals surface area contributed by atoms with Crippen LogP contribution in [0.2, 0.25) is 0 Å². The molecule has 0 radical (unpaired) electrons. The van der Waals surface area contributed by atoms with Crippen molar-refractivity contribution in [3.63, 3.8) is 0 Å². The van der Waals surface area contributed by atoms with E-state index < -0.39 is 17.5 Å². The molecule has 0 rings (SSSR count). The number of aliphatic carboxylic acids is 1. The molecule has 0 aliphatic carbocycles. The third kappa shape index (κ3) is 7.22. The number of carbonyl (C=O) groups is 2. The second kappa shape index (κ2) is 7.27. The average molecular weight is 285 g/mol. The van der Waals surface area contributed by atoms with Gasteiger partial charge in [-0.1, -0.05) is 23.2 Å². The van der Waals surface area contributed by atoms with Crippen LogP contribution in [-0.4, -0.2) is 42.0 Å². The maximum Gasteiger partial charge on any atom is 0.325 e. The predicted octanol–water partition coefficient (Wildman–Crippen LogP) is 1.28. The second-order valence-corrected chi connectivity index (χ2v) is 11.1. The monoisotopic (exact) mass is 285 g/mol. The number of hydrogen-bond acceptors (Lipinski definition) is 5. The lowest BCUT2D eigenvalue weighted by atomic mass is 10.3. The van der Waals surface area contributed by atoms with E-state index in [2.05, 4.69) is 5.32 Å². The Balaban J connectivity index is 3.99. The van der Waals surface area contributed by atoms with Crippen molar-refractivity contribution < 1.29 is 19.2 Å². The molecule has 0 heterocycles. The molecule has 0 spiro atoms. The third-order valence-corrected chi connectivity index (χ3v) is 6.50. The van der Waals surface area contributed by atoms with Crippen LogP contribution in [0, 0.1) is 0 Å². The van der Waals surface area contributed by atoms with Crippen LogP contribution >= 0.6 is 16.8 Å². The van der Waals surface area contributed by atoms with Gasteiger partial charge in [0.15, 0.2) is 0 Å². The third-order valence-electron chi connectivity index (χ3n) is 1.54. The molecular weight excluding hydrogens is 269 g/mol. The first-order chi connectivity index (χ1) is 7.28. The maximum absolute atomic E-state index is 11.3. The lowest BCUT2D eigenvalue weighted by molar-refractivity contribution is -0.140. The predicted molar refractivity (Wildman–Crippen MR) is 69.5 cm³/mol. The Hall–Kier alpha value is -0.100. The van der Waals surface area contributed by atoms with E-state index in [1.807, 2.05) is 6.92 Å². The molecule has 5 nitrogen and oxygen atoms in total. The zero-order chi connectivity index (χ0) is 12.8.